The summed E-state index contributed by atoms with van der Waals surface area (Å²) in [6, 6.07) is 50.4. The minimum Gasteiger partial charge on any atom is -0.478 e. The molecule has 0 unspecified atom stereocenters. The van der Waals surface area contributed by atoms with Gasteiger partial charge in [0.05, 0.1) is 61.2 Å². The highest BCUT2D eigenvalue weighted by Gasteiger charge is 2.23. The van der Waals surface area contributed by atoms with Gasteiger partial charge in [0, 0.05) is 55.0 Å². The van der Waals surface area contributed by atoms with Crippen LogP contribution in [0.4, 0.5) is 26.3 Å². The molecule has 0 heterocycles. The van der Waals surface area contributed by atoms with E-state index < -0.39 is 107 Å². The Kier molecular flexibility index (Phi) is 33.1. The monoisotopic (exact) mass is 1580 g/mol. The summed E-state index contributed by atoms with van der Waals surface area (Å²) >= 11 is 0. The third-order valence-electron chi connectivity index (χ3n) is 16.1. The minimum absolute atomic E-state index is 0.00717. The highest BCUT2D eigenvalue weighted by atomic mass is 19.3. The van der Waals surface area contributed by atoms with Gasteiger partial charge in [0.2, 0.25) is 0 Å². The van der Waals surface area contributed by atoms with Crippen LogP contribution in [0, 0.1) is 23.3 Å². The van der Waals surface area contributed by atoms with E-state index in [1.165, 1.54) is 137 Å². The summed E-state index contributed by atoms with van der Waals surface area (Å²) in [5.74, 6) is -12.9. The van der Waals surface area contributed by atoms with Crippen molar-refractivity contribution in [3.63, 3.8) is 0 Å². The molecular formula is C84H69F6N5O20. The van der Waals surface area contributed by atoms with Crippen LogP contribution in [0.15, 0.2) is 218 Å². The molecule has 0 atom stereocenters. The number of halogens is 6. The second-order valence-electron chi connectivity index (χ2n) is 24.2. The van der Waals surface area contributed by atoms with Crippen LogP contribution < -0.4 is 31.3 Å². The normalized spacial score (nSPS) is 10.2. The number of carboxylic acid groups (broad SMARTS) is 5. The molecule has 0 aliphatic carbocycles. The van der Waals surface area contributed by atoms with Crippen LogP contribution in [0.1, 0.15) is 201 Å². The minimum atomic E-state index is -2.97. The number of carboxylic acids is 5. The third kappa shape index (κ3) is 26.9. The standard InChI is InChI=1S/4C17H14FNO4.C16H13F2NO4/c1-10(20)15-8-13(18)6-7-14(15)16(21)19-9-11-2-4-12(5-3-11)17(22)23;1-10(20)12-4-2-11(3-5-12)9-19-16(21)15-8-13(18)6-7-14(15)17(22)23;1-10(20)15-13(3-2-4-14(15)18)16(21)19-9-11-5-7-12(8-6-11)17(22)23;1-10(20)13-3-2-4-14(18)15(13)16(21)19-9-11-5-7-12(8-6-11)17(22)23;17-16(18)23-13-8-4-1-5-10(13)9-19-14(20)11-6-2-3-7-12(11)15(21)22/h4*2-8H,9H2,1H3,(H,19,21)(H,22,23);1-8,16H,9H2,(H,19,20)(H,21,22). The molecule has 592 valence electrons. The lowest BCUT2D eigenvalue weighted by Crippen LogP contribution is -2.26. The first-order valence-corrected chi connectivity index (χ1v) is 33.8. The Morgan fingerprint density at radius 1 is 0.296 bits per heavy atom. The first-order valence-electron chi connectivity index (χ1n) is 33.8. The number of amides is 5. The SMILES string of the molecule is CC(=O)c1c(F)cccc1C(=O)NCc1ccc(C(=O)O)cc1.CC(=O)c1cc(F)ccc1C(=O)NCc1ccc(C(=O)O)cc1.CC(=O)c1ccc(CNC(=O)c2cc(F)ccc2C(=O)O)cc1.CC(=O)c1cccc(F)c1C(=O)NCc1ccc(C(=O)O)cc1.O=C(O)c1ccccc1C(=O)NCc1ccccc1OC(F)F. The molecule has 5 amide bonds. The molecule has 0 saturated carbocycles. The smallest absolute Gasteiger partial charge is 0.387 e. The van der Waals surface area contributed by atoms with Crippen molar-refractivity contribution in [2.24, 2.45) is 0 Å². The lowest BCUT2D eigenvalue weighted by atomic mass is 10.0. The Morgan fingerprint density at radius 2 is 0.626 bits per heavy atom. The maximum Gasteiger partial charge on any atom is 0.387 e. The van der Waals surface area contributed by atoms with Crippen molar-refractivity contribution in [3.05, 3.63) is 347 Å². The highest BCUT2D eigenvalue weighted by Crippen LogP contribution is 2.23. The van der Waals surface area contributed by atoms with E-state index in [0.29, 0.717) is 27.8 Å². The van der Waals surface area contributed by atoms with Crippen LogP contribution in [0.3, 0.4) is 0 Å². The van der Waals surface area contributed by atoms with E-state index in [1.54, 1.807) is 66.7 Å². The van der Waals surface area contributed by atoms with Crippen LogP contribution >= 0.6 is 0 Å². The van der Waals surface area contributed by atoms with Gasteiger partial charge < -0.3 is 56.9 Å². The molecule has 0 aliphatic rings. The number of ether oxygens (including phenoxy) is 1. The summed E-state index contributed by atoms with van der Waals surface area (Å²) in [6.45, 7) is 2.63. The Balaban J connectivity index is 0.000000224. The fourth-order valence-electron chi connectivity index (χ4n) is 10.3. The van der Waals surface area contributed by atoms with Crippen molar-refractivity contribution in [2.75, 3.05) is 0 Å². The average Bonchev–Trinajstić information content (AvgIpc) is 0.899. The second kappa shape index (κ2) is 42.8. The molecule has 0 aromatic heterocycles. The number of aromatic carboxylic acids is 5. The molecule has 10 rings (SSSR count). The lowest BCUT2D eigenvalue weighted by Gasteiger charge is -2.12. The van der Waals surface area contributed by atoms with E-state index in [1.807, 2.05) is 0 Å². The number of hydrogen-bond acceptors (Lipinski definition) is 15. The number of alkyl halides is 2. The van der Waals surface area contributed by atoms with E-state index in [0.717, 1.165) is 48.0 Å². The number of ketones is 4. The molecule has 0 bridgehead atoms. The Hall–Kier alpha value is -15.0. The van der Waals surface area contributed by atoms with Gasteiger partial charge in [-0.15, -0.1) is 0 Å². The number of rotatable bonds is 26. The summed E-state index contributed by atoms with van der Waals surface area (Å²) in [5, 5.41) is 57.3. The average molecular weight is 1580 g/mol. The molecular weight excluding hydrogens is 1510 g/mol. The lowest BCUT2D eigenvalue weighted by molar-refractivity contribution is -0.0505. The molecule has 0 fully saturated rings. The van der Waals surface area contributed by atoms with E-state index in [-0.39, 0.29) is 117 Å². The zero-order chi connectivity index (χ0) is 84.8. The van der Waals surface area contributed by atoms with Crippen molar-refractivity contribution in [1.29, 1.82) is 0 Å². The molecule has 0 radical (unpaired) electrons. The largest absolute Gasteiger partial charge is 0.478 e. The van der Waals surface area contributed by atoms with Crippen molar-refractivity contribution in [2.45, 2.75) is 67.0 Å². The zero-order valence-corrected chi connectivity index (χ0v) is 61.0. The fourth-order valence-corrected chi connectivity index (χ4v) is 10.3. The summed E-state index contributed by atoms with van der Waals surface area (Å²) in [4.78, 5) is 161. The molecule has 0 spiro atoms. The summed E-state index contributed by atoms with van der Waals surface area (Å²) in [5.41, 5.74) is 3.03. The van der Waals surface area contributed by atoms with Gasteiger partial charge >= 0.3 is 36.5 Å². The van der Waals surface area contributed by atoms with Gasteiger partial charge in [-0.25, -0.2) is 41.5 Å². The first-order chi connectivity index (χ1) is 54.5. The van der Waals surface area contributed by atoms with Gasteiger partial charge in [-0.05, 0) is 159 Å². The summed E-state index contributed by atoms with van der Waals surface area (Å²) in [6.07, 6.45) is 0. The van der Waals surface area contributed by atoms with Crippen molar-refractivity contribution >= 4 is 82.5 Å². The number of para-hydroxylation sites is 1. The maximum absolute atomic E-state index is 13.9. The van der Waals surface area contributed by atoms with E-state index in [9.17, 15) is 93.5 Å². The zero-order valence-electron chi connectivity index (χ0n) is 61.0. The predicted molar refractivity (Wildman–Crippen MR) is 402 cm³/mol. The van der Waals surface area contributed by atoms with Crippen molar-refractivity contribution in [1.82, 2.24) is 26.6 Å². The van der Waals surface area contributed by atoms with Gasteiger partial charge in [-0.1, -0.05) is 109 Å². The Bertz CT molecular complexity index is 5230. The number of carbonyl (C=O) groups is 14. The van der Waals surface area contributed by atoms with Crippen LogP contribution in [0.5, 0.6) is 5.75 Å². The van der Waals surface area contributed by atoms with Crippen LogP contribution in [0.25, 0.3) is 0 Å². The van der Waals surface area contributed by atoms with Gasteiger partial charge in [-0.2, -0.15) is 8.78 Å². The van der Waals surface area contributed by atoms with Crippen LogP contribution in [-0.4, -0.2) is 115 Å². The molecule has 0 aliphatic heterocycles. The molecule has 10 aromatic carbocycles. The number of nitrogens with one attached hydrogen (secondary N) is 5. The Labute approximate surface area is 650 Å². The van der Waals surface area contributed by atoms with Crippen molar-refractivity contribution < 1.29 is 124 Å². The van der Waals surface area contributed by atoms with Crippen LogP contribution in [0.2, 0.25) is 0 Å². The Morgan fingerprint density at radius 3 is 1.03 bits per heavy atom. The quantitative estimate of drug-likeness (QED) is 0.0178. The van der Waals surface area contributed by atoms with Gasteiger partial charge in [-0.3, -0.25) is 43.2 Å². The molecule has 10 aromatic rings. The highest BCUT2D eigenvalue weighted by molar-refractivity contribution is 6.10. The summed E-state index contributed by atoms with van der Waals surface area (Å²) in [7, 11) is 0. The fraction of sp³-hybridized carbons (Fsp3) is 0.119. The molecule has 25 nitrogen and oxygen atoms in total. The predicted octanol–water partition coefficient (Wildman–Crippen LogP) is 13.5. The van der Waals surface area contributed by atoms with Crippen LogP contribution in [-0.2, 0) is 32.7 Å². The third-order valence-corrected chi connectivity index (χ3v) is 16.1. The number of Topliss-reactive ketones (excluding diaryl/α,β-unsaturated/α-hetero) is 4. The second-order valence-corrected chi connectivity index (χ2v) is 24.2. The van der Waals surface area contributed by atoms with E-state index in [2.05, 4.69) is 31.3 Å². The number of benzene rings is 10. The number of hydrogen-bond donors (Lipinski definition) is 10. The van der Waals surface area contributed by atoms with Crippen molar-refractivity contribution in [3.8, 4) is 5.75 Å². The maximum atomic E-state index is 13.9. The van der Waals surface area contributed by atoms with E-state index in [4.69, 9.17) is 25.5 Å². The molecule has 0 saturated heterocycles. The molecule has 10 N–H and O–H groups in total. The number of carbonyl (C=O) groups excluding carboxylic acids is 9. The van der Waals surface area contributed by atoms with E-state index >= 15 is 0 Å². The molecule has 115 heavy (non-hydrogen) atoms. The van der Waals surface area contributed by atoms with Gasteiger partial charge in [0.15, 0.2) is 23.1 Å². The summed E-state index contributed by atoms with van der Waals surface area (Å²) < 4.78 is 83.0. The topological polar surface area (TPSA) is 410 Å². The van der Waals surface area contributed by atoms with Gasteiger partial charge in [0.1, 0.15) is 29.0 Å². The first kappa shape index (κ1) is 88.9. The van der Waals surface area contributed by atoms with Gasteiger partial charge in [0.25, 0.3) is 29.5 Å². The molecule has 31 heteroatoms.